The van der Waals surface area contributed by atoms with Crippen LogP contribution >= 0.6 is 0 Å². The van der Waals surface area contributed by atoms with E-state index in [4.69, 9.17) is 47.6 Å². The first kappa shape index (κ1) is 74.9. The van der Waals surface area contributed by atoms with Gasteiger partial charge in [-0.2, -0.15) is 8.78 Å². The van der Waals surface area contributed by atoms with Crippen molar-refractivity contribution in [2.45, 2.75) is 52.1 Å². The molecule has 0 radical (unpaired) electrons. The quantitative estimate of drug-likeness (QED) is 0.0104. The average Bonchev–Trinajstić information content (AvgIpc) is 0.909. The van der Waals surface area contributed by atoms with Crippen molar-refractivity contribution in [2.24, 2.45) is 0 Å². The molecule has 512 valence electrons. The second-order valence-electron chi connectivity index (χ2n) is 20.2. The van der Waals surface area contributed by atoms with Crippen LogP contribution in [-0.2, 0) is 86.8 Å². The van der Waals surface area contributed by atoms with Gasteiger partial charge in [-0.05, 0) is 48.5 Å². The van der Waals surface area contributed by atoms with Crippen LogP contribution in [0.2, 0.25) is 0 Å². The molecular formula is C63H72F4N8O20. The molecule has 95 heavy (non-hydrogen) atoms. The topological polar surface area (TPSA) is 359 Å². The molecule has 28 nitrogen and oxygen atoms in total. The predicted molar refractivity (Wildman–Crippen MR) is 321 cm³/mol. The van der Waals surface area contributed by atoms with Crippen molar-refractivity contribution in [2.75, 3.05) is 119 Å². The third-order valence-electron chi connectivity index (χ3n) is 12.8. The minimum Gasteiger partial charge on any atom is -0.491 e. The molecular weight excluding hydrogens is 1260 g/mol. The smallest absolute Gasteiger partial charge is 0.354 e. The second-order valence-corrected chi connectivity index (χ2v) is 20.2. The number of carboxylic acids is 4. The number of amides is 1. The standard InChI is InChI=1S/C63H72F4N8O20/c64-49-35-50(65)58(67)59(57(49)66)95-56(77)14-17-87-20-23-90-26-28-92-27-25-89-22-19-86-16-13-55(76)68-15-18-88-21-24-91-29-30-93-31-32-94-48-33-46(40-74(36-42-5-1-9-51(70-42)60(78)79)37-43-6-2-10-52(71-43)61(80)81)69-47(34-48)41-75(38-44-7-3-11-53(72-44)62(82)83)39-45-8-4-12-54(73-45)63(84)85/h1-12,33-35H,13-32,36-41H2,(H,68,76)(H,78,79)(H,80,81)(H,82,83)(H,84,85). The van der Waals surface area contributed by atoms with Crippen molar-refractivity contribution in [3.8, 4) is 11.5 Å². The first-order chi connectivity index (χ1) is 45.9. The summed E-state index contributed by atoms with van der Waals surface area (Å²) in [5.74, 6) is -14.4. The van der Waals surface area contributed by atoms with Gasteiger partial charge < -0.3 is 73.1 Å². The Bertz CT molecular complexity index is 3160. The minimum atomic E-state index is -1.82. The molecule has 6 rings (SSSR count). The van der Waals surface area contributed by atoms with Gasteiger partial charge in [0.2, 0.25) is 23.3 Å². The zero-order chi connectivity index (χ0) is 68.2. The third kappa shape index (κ3) is 28.6. The number of aromatic carboxylic acids is 4. The van der Waals surface area contributed by atoms with E-state index in [9.17, 15) is 66.8 Å². The molecule has 0 unspecified atom stereocenters. The zero-order valence-corrected chi connectivity index (χ0v) is 51.5. The summed E-state index contributed by atoms with van der Waals surface area (Å²) in [4.78, 5) is 97.4. The molecule has 6 aromatic rings. The van der Waals surface area contributed by atoms with Crippen LogP contribution in [0.1, 0.15) is 89.0 Å². The third-order valence-corrected chi connectivity index (χ3v) is 12.8. The number of nitrogens with one attached hydrogen (secondary N) is 1. The molecule has 0 saturated carbocycles. The number of pyridine rings is 5. The molecule has 0 atom stereocenters. The Morgan fingerprint density at radius 2 is 0.695 bits per heavy atom. The normalized spacial score (nSPS) is 11.3. The minimum absolute atomic E-state index is 0.000939. The van der Waals surface area contributed by atoms with Crippen molar-refractivity contribution in [1.82, 2.24) is 40.0 Å². The van der Waals surface area contributed by atoms with Crippen LogP contribution in [0.3, 0.4) is 0 Å². The maximum Gasteiger partial charge on any atom is 0.354 e. The highest BCUT2D eigenvalue weighted by Crippen LogP contribution is 2.27. The number of nitrogens with zero attached hydrogens (tertiary/aromatic N) is 7. The van der Waals surface area contributed by atoms with Gasteiger partial charge in [0, 0.05) is 70.4 Å². The second kappa shape index (κ2) is 41.6. The average molecular weight is 1340 g/mol. The van der Waals surface area contributed by atoms with Crippen molar-refractivity contribution < 1.29 is 114 Å². The van der Waals surface area contributed by atoms with Gasteiger partial charge in [0.05, 0.1) is 146 Å². The molecule has 0 aliphatic carbocycles. The molecule has 1 aromatic carbocycles. The molecule has 0 aliphatic rings. The molecule has 0 fully saturated rings. The summed E-state index contributed by atoms with van der Waals surface area (Å²) in [7, 11) is 0. The predicted octanol–water partition coefficient (Wildman–Crippen LogP) is 5.43. The summed E-state index contributed by atoms with van der Waals surface area (Å²) in [6.07, 6.45) is -0.299. The van der Waals surface area contributed by atoms with Crippen molar-refractivity contribution in [3.05, 3.63) is 171 Å². The SMILES string of the molecule is O=C(CCOCCOCCOCCOCCOCCC(=O)Oc1c(F)c(F)cc(F)c1F)NCCOCCOCCOCCOc1cc(CN(Cc2cccc(C(=O)O)n2)Cc2cccc(C(=O)O)n2)nc(CN(Cc2cccc(C(=O)O)n2)Cc2cccc(C(=O)O)n2)c1. The summed E-state index contributed by atoms with van der Waals surface area (Å²) in [5.41, 5.74) is 1.81. The molecule has 5 N–H and O–H groups in total. The van der Waals surface area contributed by atoms with Gasteiger partial charge in [-0.3, -0.25) is 24.4 Å². The number of carbonyl (C=O) groups is 6. The summed E-state index contributed by atoms with van der Waals surface area (Å²) >= 11 is 0. The van der Waals surface area contributed by atoms with E-state index in [-0.39, 0.29) is 193 Å². The summed E-state index contributed by atoms with van der Waals surface area (Å²) in [6, 6.07) is 21.7. The van der Waals surface area contributed by atoms with Crippen LogP contribution in [0, 0.1) is 23.3 Å². The van der Waals surface area contributed by atoms with Crippen LogP contribution in [-0.4, -0.2) is 210 Å². The van der Waals surface area contributed by atoms with Gasteiger partial charge in [0.25, 0.3) is 0 Å². The van der Waals surface area contributed by atoms with Crippen molar-refractivity contribution in [1.29, 1.82) is 0 Å². The van der Waals surface area contributed by atoms with Gasteiger partial charge in [0.15, 0.2) is 11.6 Å². The monoisotopic (exact) mass is 1340 g/mol. The van der Waals surface area contributed by atoms with Gasteiger partial charge in [-0.1, -0.05) is 24.3 Å². The molecule has 0 spiro atoms. The maximum absolute atomic E-state index is 13.6. The fourth-order valence-corrected chi connectivity index (χ4v) is 8.54. The lowest BCUT2D eigenvalue weighted by atomic mass is 10.2. The molecule has 5 heterocycles. The number of hydrogen-bond acceptors (Lipinski definition) is 23. The Hall–Kier alpha value is -9.09. The van der Waals surface area contributed by atoms with E-state index in [2.05, 4.69) is 30.0 Å². The van der Waals surface area contributed by atoms with E-state index in [1.807, 2.05) is 9.80 Å². The first-order valence-electron chi connectivity index (χ1n) is 29.7. The molecule has 5 aromatic heterocycles. The number of aromatic nitrogens is 5. The number of esters is 1. The number of hydrogen-bond donors (Lipinski definition) is 5. The molecule has 0 bridgehead atoms. The summed E-state index contributed by atoms with van der Waals surface area (Å²) < 4.78 is 108. The largest absolute Gasteiger partial charge is 0.491 e. The van der Waals surface area contributed by atoms with Gasteiger partial charge in [-0.15, -0.1) is 0 Å². The first-order valence-corrected chi connectivity index (χ1v) is 29.7. The van der Waals surface area contributed by atoms with E-state index in [0.29, 0.717) is 46.5 Å². The van der Waals surface area contributed by atoms with Gasteiger partial charge in [-0.25, -0.2) is 47.9 Å². The van der Waals surface area contributed by atoms with E-state index >= 15 is 0 Å². The number of ether oxygens (including phenoxy) is 10. The van der Waals surface area contributed by atoms with Crippen LogP contribution in [0.4, 0.5) is 17.6 Å². The van der Waals surface area contributed by atoms with E-state index in [1.165, 1.54) is 24.3 Å². The highest BCUT2D eigenvalue weighted by atomic mass is 19.2. The van der Waals surface area contributed by atoms with Crippen LogP contribution < -0.4 is 14.8 Å². The van der Waals surface area contributed by atoms with Crippen molar-refractivity contribution >= 4 is 35.8 Å². The fourth-order valence-electron chi connectivity index (χ4n) is 8.54. The molecule has 0 saturated heterocycles. The van der Waals surface area contributed by atoms with Crippen LogP contribution in [0.15, 0.2) is 91.0 Å². The Balaban J connectivity index is 0.866. The summed E-state index contributed by atoms with van der Waals surface area (Å²) in [6.45, 7) is 4.12. The maximum atomic E-state index is 13.6. The lowest BCUT2D eigenvalue weighted by Gasteiger charge is -2.24. The van der Waals surface area contributed by atoms with Crippen LogP contribution in [0.25, 0.3) is 0 Å². The van der Waals surface area contributed by atoms with Crippen molar-refractivity contribution in [3.63, 3.8) is 0 Å². The Kier molecular flexibility index (Phi) is 32.8. The Morgan fingerprint density at radius 1 is 0.379 bits per heavy atom. The summed E-state index contributed by atoms with van der Waals surface area (Å²) in [5, 5.41) is 41.5. The highest BCUT2D eigenvalue weighted by Gasteiger charge is 2.24. The fraction of sp³-hybridized carbons (Fsp3) is 0.413. The molecule has 0 aliphatic heterocycles. The number of carbonyl (C=O) groups excluding carboxylic acids is 2. The van der Waals surface area contributed by atoms with Crippen LogP contribution in [0.5, 0.6) is 11.5 Å². The van der Waals surface area contributed by atoms with E-state index in [0.717, 1.165) is 0 Å². The number of rotatable bonds is 48. The molecule has 1 amide bonds. The Labute approximate surface area is 542 Å². The molecule has 32 heteroatoms. The van der Waals surface area contributed by atoms with E-state index < -0.39 is 65.3 Å². The number of benzene rings is 1. The zero-order valence-electron chi connectivity index (χ0n) is 51.5. The lowest BCUT2D eigenvalue weighted by molar-refractivity contribution is -0.136. The van der Waals surface area contributed by atoms with Gasteiger partial charge in [0.1, 0.15) is 35.1 Å². The van der Waals surface area contributed by atoms with Gasteiger partial charge >= 0.3 is 29.8 Å². The number of carboxylic acid groups (broad SMARTS) is 4. The highest BCUT2D eigenvalue weighted by molar-refractivity contribution is 5.86. The van der Waals surface area contributed by atoms with E-state index in [1.54, 1.807) is 60.7 Å². The number of halogens is 4. The Morgan fingerprint density at radius 3 is 1.05 bits per heavy atom. The lowest BCUT2D eigenvalue weighted by Crippen LogP contribution is -2.28.